The van der Waals surface area contributed by atoms with Gasteiger partial charge in [0.05, 0.1) is 12.3 Å². The van der Waals surface area contributed by atoms with Crippen molar-refractivity contribution in [2.45, 2.75) is 18.9 Å². The van der Waals surface area contributed by atoms with Crippen LogP contribution in [0, 0.1) is 5.92 Å². The molecule has 3 heterocycles. The van der Waals surface area contributed by atoms with Crippen molar-refractivity contribution in [1.82, 2.24) is 15.1 Å². The first-order chi connectivity index (χ1) is 12.6. The van der Waals surface area contributed by atoms with Gasteiger partial charge in [-0.15, -0.1) is 11.3 Å². The Balaban J connectivity index is 1.48. The Labute approximate surface area is 157 Å². The van der Waals surface area contributed by atoms with E-state index in [1.54, 1.807) is 28.4 Å². The zero-order chi connectivity index (χ0) is 18.5. The van der Waals surface area contributed by atoms with E-state index >= 15 is 0 Å². The Kier molecular flexibility index (Phi) is 6.11. The number of rotatable bonds is 6. The van der Waals surface area contributed by atoms with E-state index in [1.807, 2.05) is 20.2 Å². The molecule has 6 nitrogen and oxygen atoms in total. The Morgan fingerprint density at radius 2 is 2.08 bits per heavy atom. The van der Waals surface area contributed by atoms with Crippen LogP contribution in [0.3, 0.4) is 0 Å². The number of piperidine rings is 1. The third kappa shape index (κ3) is 4.34. The quantitative estimate of drug-likeness (QED) is 0.843. The standard InChI is InChI=1S/C19H25N3O3S/c1-21(2)15(17-6-4-12-26-17)13-20-18(23)14-7-9-22(10-8-14)19(24)16-5-3-11-25-16/h3-6,11-12,14-15H,7-10,13H2,1-2H3,(H,20,23). The van der Waals surface area contributed by atoms with Gasteiger partial charge >= 0.3 is 0 Å². The molecule has 2 aromatic rings. The molecule has 0 radical (unpaired) electrons. The highest BCUT2D eigenvalue weighted by atomic mass is 32.1. The number of hydrogen-bond donors (Lipinski definition) is 1. The molecule has 1 unspecified atom stereocenters. The van der Waals surface area contributed by atoms with Crippen LogP contribution in [0.25, 0.3) is 0 Å². The fourth-order valence-corrected chi connectivity index (χ4v) is 4.18. The number of amides is 2. The molecule has 26 heavy (non-hydrogen) atoms. The summed E-state index contributed by atoms with van der Waals surface area (Å²) < 4.78 is 5.17. The molecule has 1 aliphatic heterocycles. The molecule has 2 aromatic heterocycles. The Hall–Kier alpha value is -2.12. The van der Waals surface area contributed by atoms with E-state index < -0.39 is 0 Å². The number of thiophene rings is 1. The molecule has 2 amide bonds. The van der Waals surface area contributed by atoms with Crippen molar-refractivity contribution in [2.75, 3.05) is 33.7 Å². The van der Waals surface area contributed by atoms with Crippen LogP contribution in [0.2, 0.25) is 0 Å². The third-order valence-electron chi connectivity index (χ3n) is 4.85. The average Bonchev–Trinajstić information content (AvgIpc) is 3.35. The monoisotopic (exact) mass is 375 g/mol. The molecule has 1 atom stereocenters. The topological polar surface area (TPSA) is 65.8 Å². The van der Waals surface area contributed by atoms with Crippen molar-refractivity contribution in [3.05, 3.63) is 46.5 Å². The van der Waals surface area contributed by atoms with Gasteiger partial charge in [0, 0.05) is 30.4 Å². The summed E-state index contributed by atoms with van der Waals surface area (Å²) in [6.07, 6.45) is 2.87. The lowest BCUT2D eigenvalue weighted by Gasteiger charge is -2.31. The van der Waals surface area contributed by atoms with Crippen molar-refractivity contribution in [3.8, 4) is 0 Å². The Morgan fingerprint density at radius 3 is 2.65 bits per heavy atom. The van der Waals surface area contributed by atoms with E-state index in [2.05, 4.69) is 21.7 Å². The van der Waals surface area contributed by atoms with Gasteiger partial charge in [0.2, 0.25) is 5.91 Å². The largest absolute Gasteiger partial charge is 0.459 e. The van der Waals surface area contributed by atoms with Crippen molar-refractivity contribution >= 4 is 23.2 Å². The lowest BCUT2D eigenvalue weighted by atomic mass is 9.95. The predicted octanol–water partition coefficient (Wildman–Crippen LogP) is 2.61. The smallest absolute Gasteiger partial charge is 0.289 e. The fraction of sp³-hybridized carbons (Fsp3) is 0.474. The van der Waals surface area contributed by atoms with Crippen LogP contribution in [-0.4, -0.2) is 55.3 Å². The maximum absolute atomic E-state index is 12.6. The van der Waals surface area contributed by atoms with Gasteiger partial charge in [-0.05, 0) is 50.5 Å². The molecule has 0 aromatic carbocycles. The summed E-state index contributed by atoms with van der Waals surface area (Å²) >= 11 is 1.70. The average molecular weight is 375 g/mol. The van der Waals surface area contributed by atoms with Gasteiger partial charge in [0.15, 0.2) is 5.76 Å². The molecule has 1 saturated heterocycles. The van der Waals surface area contributed by atoms with E-state index in [0.717, 1.165) is 0 Å². The van der Waals surface area contributed by atoms with Gasteiger partial charge in [-0.25, -0.2) is 0 Å². The maximum Gasteiger partial charge on any atom is 0.289 e. The second-order valence-corrected chi connectivity index (χ2v) is 7.76. The van der Waals surface area contributed by atoms with Gasteiger partial charge in [-0.2, -0.15) is 0 Å². The van der Waals surface area contributed by atoms with Crippen molar-refractivity contribution in [2.24, 2.45) is 5.92 Å². The van der Waals surface area contributed by atoms with Crippen molar-refractivity contribution in [1.29, 1.82) is 0 Å². The minimum Gasteiger partial charge on any atom is -0.459 e. The van der Waals surface area contributed by atoms with Gasteiger partial charge in [0.1, 0.15) is 0 Å². The van der Waals surface area contributed by atoms with Gasteiger partial charge < -0.3 is 19.5 Å². The molecular weight excluding hydrogens is 350 g/mol. The molecule has 1 aliphatic rings. The highest BCUT2D eigenvalue weighted by molar-refractivity contribution is 7.10. The van der Waals surface area contributed by atoms with Gasteiger partial charge in [-0.1, -0.05) is 6.07 Å². The summed E-state index contributed by atoms with van der Waals surface area (Å²) in [4.78, 5) is 30.0. The predicted molar refractivity (Wildman–Crippen MR) is 101 cm³/mol. The Morgan fingerprint density at radius 1 is 1.31 bits per heavy atom. The lowest BCUT2D eigenvalue weighted by Crippen LogP contribution is -2.44. The normalized spacial score (nSPS) is 16.7. The van der Waals surface area contributed by atoms with Gasteiger partial charge in [-0.3, -0.25) is 9.59 Å². The summed E-state index contributed by atoms with van der Waals surface area (Å²) in [6.45, 7) is 1.76. The summed E-state index contributed by atoms with van der Waals surface area (Å²) in [7, 11) is 4.05. The molecular formula is C19H25N3O3S. The third-order valence-corrected chi connectivity index (χ3v) is 5.82. The minimum atomic E-state index is -0.0979. The number of hydrogen-bond acceptors (Lipinski definition) is 5. The fourth-order valence-electron chi connectivity index (χ4n) is 3.26. The molecule has 1 N–H and O–H groups in total. The number of carbonyl (C=O) groups excluding carboxylic acids is 2. The number of likely N-dealkylation sites (tertiary alicyclic amines) is 1. The van der Waals surface area contributed by atoms with E-state index in [1.165, 1.54) is 11.1 Å². The first-order valence-corrected chi connectivity index (χ1v) is 9.74. The van der Waals surface area contributed by atoms with Crippen LogP contribution in [0.4, 0.5) is 0 Å². The van der Waals surface area contributed by atoms with Crippen LogP contribution in [-0.2, 0) is 4.79 Å². The minimum absolute atomic E-state index is 0.0400. The highest BCUT2D eigenvalue weighted by Crippen LogP contribution is 2.23. The number of likely N-dealkylation sites (N-methyl/N-ethyl adjacent to an activating group) is 1. The maximum atomic E-state index is 12.6. The summed E-state index contributed by atoms with van der Waals surface area (Å²) in [5, 5.41) is 5.15. The Bertz CT molecular complexity index is 704. The SMILES string of the molecule is CN(C)C(CNC(=O)C1CCN(C(=O)c2ccco2)CC1)c1cccs1. The highest BCUT2D eigenvalue weighted by Gasteiger charge is 2.29. The molecule has 0 spiro atoms. The summed E-state index contributed by atoms with van der Waals surface area (Å²) in [5.74, 6) is 0.303. The van der Waals surface area contributed by atoms with E-state index in [0.29, 0.717) is 38.2 Å². The first kappa shape index (κ1) is 18.7. The van der Waals surface area contributed by atoms with Crippen LogP contribution < -0.4 is 5.32 Å². The molecule has 0 bridgehead atoms. The van der Waals surface area contributed by atoms with Gasteiger partial charge in [0.25, 0.3) is 5.91 Å². The molecule has 7 heteroatoms. The van der Waals surface area contributed by atoms with Crippen LogP contribution in [0.1, 0.15) is 34.3 Å². The van der Waals surface area contributed by atoms with Crippen LogP contribution >= 0.6 is 11.3 Å². The number of nitrogens with zero attached hydrogens (tertiary/aromatic N) is 2. The molecule has 1 fully saturated rings. The molecule has 0 saturated carbocycles. The summed E-state index contributed by atoms with van der Waals surface area (Å²) in [6, 6.07) is 7.69. The molecule has 140 valence electrons. The number of carbonyl (C=O) groups is 2. The van der Waals surface area contributed by atoms with E-state index in [9.17, 15) is 9.59 Å². The van der Waals surface area contributed by atoms with Crippen molar-refractivity contribution < 1.29 is 14.0 Å². The summed E-state index contributed by atoms with van der Waals surface area (Å²) in [5.41, 5.74) is 0. The zero-order valence-corrected chi connectivity index (χ0v) is 16.0. The zero-order valence-electron chi connectivity index (χ0n) is 15.2. The van der Waals surface area contributed by atoms with Crippen molar-refractivity contribution in [3.63, 3.8) is 0 Å². The lowest BCUT2D eigenvalue weighted by molar-refractivity contribution is -0.126. The molecule has 0 aliphatic carbocycles. The van der Waals surface area contributed by atoms with E-state index in [4.69, 9.17) is 4.42 Å². The van der Waals surface area contributed by atoms with E-state index in [-0.39, 0.29) is 23.8 Å². The number of nitrogens with one attached hydrogen (secondary N) is 1. The number of furan rings is 1. The van der Waals surface area contributed by atoms with Crippen LogP contribution in [0.5, 0.6) is 0 Å². The second kappa shape index (κ2) is 8.51. The molecule has 3 rings (SSSR count). The second-order valence-electron chi connectivity index (χ2n) is 6.78. The first-order valence-electron chi connectivity index (χ1n) is 8.86. The van der Waals surface area contributed by atoms with Crippen LogP contribution in [0.15, 0.2) is 40.3 Å².